The van der Waals surface area contributed by atoms with E-state index in [1.165, 1.54) is 12.1 Å². The molecular formula is C13H10BrClN2O3S. The number of anilines is 1. The number of hydrogen-bond acceptors (Lipinski definition) is 4. The zero-order chi connectivity index (χ0) is 15.6. The number of benzene rings is 2. The molecule has 0 fully saturated rings. The highest BCUT2D eigenvalue weighted by Crippen LogP contribution is 2.27. The molecule has 0 amide bonds. The molecule has 110 valence electrons. The summed E-state index contributed by atoms with van der Waals surface area (Å²) in [5.41, 5.74) is 6.73. The van der Waals surface area contributed by atoms with Crippen LogP contribution < -0.4 is 5.73 Å². The summed E-state index contributed by atoms with van der Waals surface area (Å²) >= 11 is 9.16. The molecule has 1 atom stereocenters. The van der Waals surface area contributed by atoms with E-state index in [-0.39, 0.29) is 11.4 Å². The highest BCUT2D eigenvalue weighted by Gasteiger charge is 2.13. The molecule has 0 radical (unpaired) electrons. The number of halogens is 2. The first-order chi connectivity index (χ1) is 9.88. The number of nitro benzene ring substituents is 1. The van der Waals surface area contributed by atoms with Crippen LogP contribution in [0.1, 0.15) is 5.56 Å². The lowest BCUT2D eigenvalue weighted by Gasteiger charge is -2.06. The summed E-state index contributed by atoms with van der Waals surface area (Å²) in [6.45, 7) is 0. The van der Waals surface area contributed by atoms with Crippen LogP contribution in [0.25, 0.3) is 0 Å². The zero-order valence-corrected chi connectivity index (χ0v) is 13.7. The number of hydrogen-bond donors (Lipinski definition) is 1. The molecule has 0 aromatic heterocycles. The van der Waals surface area contributed by atoms with E-state index >= 15 is 0 Å². The summed E-state index contributed by atoms with van der Waals surface area (Å²) in [5, 5.41) is 11.0. The third kappa shape index (κ3) is 3.81. The van der Waals surface area contributed by atoms with Crippen LogP contribution in [0, 0.1) is 10.1 Å². The van der Waals surface area contributed by atoms with Gasteiger partial charge in [0.1, 0.15) is 0 Å². The van der Waals surface area contributed by atoms with Gasteiger partial charge in [0.15, 0.2) is 0 Å². The van der Waals surface area contributed by atoms with Gasteiger partial charge in [-0.3, -0.25) is 14.3 Å². The molecule has 0 saturated carbocycles. The van der Waals surface area contributed by atoms with E-state index in [1.807, 2.05) is 0 Å². The van der Waals surface area contributed by atoms with E-state index in [0.29, 0.717) is 25.6 Å². The third-order valence-corrected chi connectivity index (χ3v) is 5.19. The molecule has 1 unspecified atom stereocenters. The lowest BCUT2D eigenvalue weighted by Crippen LogP contribution is -1.99. The fourth-order valence-corrected chi connectivity index (χ4v) is 3.75. The van der Waals surface area contributed by atoms with Crippen LogP contribution in [0.3, 0.4) is 0 Å². The van der Waals surface area contributed by atoms with E-state index in [4.69, 9.17) is 17.3 Å². The molecule has 0 aliphatic heterocycles. The Bertz CT molecular complexity index is 739. The average Bonchev–Trinajstić information content (AvgIpc) is 2.43. The SMILES string of the molecule is Nc1ccc(S(=O)Cc2ccc([N+](=O)[O-])cc2Br)cc1Cl. The molecule has 0 bridgehead atoms. The Morgan fingerprint density at radius 2 is 2.00 bits per heavy atom. The van der Waals surface area contributed by atoms with E-state index in [9.17, 15) is 14.3 Å². The molecule has 2 aromatic rings. The topological polar surface area (TPSA) is 86.2 Å². The van der Waals surface area contributed by atoms with Crippen molar-refractivity contribution in [2.24, 2.45) is 0 Å². The van der Waals surface area contributed by atoms with E-state index < -0.39 is 15.7 Å². The van der Waals surface area contributed by atoms with Gasteiger partial charge >= 0.3 is 0 Å². The van der Waals surface area contributed by atoms with Gasteiger partial charge in [0, 0.05) is 21.5 Å². The number of non-ortho nitro benzene ring substituents is 1. The highest BCUT2D eigenvalue weighted by molar-refractivity contribution is 9.10. The summed E-state index contributed by atoms with van der Waals surface area (Å²) in [4.78, 5) is 10.7. The Labute approximate surface area is 136 Å². The molecule has 21 heavy (non-hydrogen) atoms. The maximum absolute atomic E-state index is 12.3. The summed E-state index contributed by atoms with van der Waals surface area (Å²) < 4.78 is 12.9. The van der Waals surface area contributed by atoms with Crippen molar-refractivity contribution in [3.8, 4) is 0 Å². The average molecular weight is 390 g/mol. The van der Waals surface area contributed by atoms with Gasteiger partial charge in [-0.2, -0.15) is 0 Å². The number of nitro groups is 1. The lowest BCUT2D eigenvalue weighted by atomic mass is 10.2. The van der Waals surface area contributed by atoms with E-state index in [1.54, 1.807) is 24.3 Å². The first-order valence-corrected chi connectivity index (χ1v) is 8.23. The van der Waals surface area contributed by atoms with Crippen LogP contribution in [0.4, 0.5) is 11.4 Å². The predicted octanol–water partition coefficient (Wildman–Crippen LogP) is 3.90. The minimum atomic E-state index is -1.32. The number of nitrogens with zero attached hydrogens (tertiary/aromatic N) is 1. The third-order valence-electron chi connectivity index (χ3n) is 2.77. The standard InChI is InChI=1S/C13H10BrClN2O3S/c14-11-5-9(17(18)19)2-1-8(11)7-21(20)10-3-4-13(16)12(15)6-10/h1-6H,7,16H2. The van der Waals surface area contributed by atoms with E-state index in [2.05, 4.69) is 15.9 Å². The van der Waals surface area contributed by atoms with Crippen LogP contribution >= 0.6 is 27.5 Å². The summed E-state index contributed by atoms with van der Waals surface area (Å²) in [7, 11) is -1.32. The first-order valence-electron chi connectivity index (χ1n) is 5.74. The van der Waals surface area contributed by atoms with Gasteiger partial charge in [0.2, 0.25) is 0 Å². The van der Waals surface area contributed by atoms with Crippen molar-refractivity contribution in [1.82, 2.24) is 0 Å². The van der Waals surface area contributed by atoms with Gasteiger partial charge in [-0.15, -0.1) is 0 Å². The minimum Gasteiger partial charge on any atom is -0.398 e. The number of rotatable bonds is 4. The second kappa shape index (κ2) is 6.55. The Morgan fingerprint density at radius 3 is 2.57 bits per heavy atom. The second-order valence-corrected chi connectivity index (χ2v) is 6.92. The Kier molecular flexibility index (Phi) is 4.97. The maximum Gasteiger partial charge on any atom is 0.270 e. The van der Waals surface area contributed by atoms with Crippen LogP contribution in [-0.4, -0.2) is 9.13 Å². The Balaban J connectivity index is 2.23. The molecule has 2 rings (SSSR count). The van der Waals surface area contributed by atoms with Crippen molar-refractivity contribution in [3.63, 3.8) is 0 Å². The highest BCUT2D eigenvalue weighted by atomic mass is 79.9. The van der Waals surface area contributed by atoms with Gasteiger partial charge in [-0.05, 0) is 23.8 Å². The van der Waals surface area contributed by atoms with E-state index in [0.717, 1.165) is 0 Å². The van der Waals surface area contributed by atoms with Gasteiger partial charge in [0.25, 0.3) is 5.69 Å². The fourth-order valence-electron chi connectivity index (χ4n) is 1.64. The lowest BCUT2D eigenvalue weighted by molar-refractivity contribution is -0.384. The Hall–Kier alpha value is -1.44. The normalized spacial score (nSPS) is 12.1. The van der Waals surface area contributed by atoms with Gasteiger partial charge < -0.3 is 5.73 Å². The van der Waals surface area contributed by atoms with Crippen LogP contribution in [0.5, 0.6) is 0 Å². The van der Waals surface area contributed by atoms with Crippen LogP contribution in [0.15, 0.2) is 45.8 Å². The summed E-state index contributed by atoms with van der Waals surface area (Å²) in [6, 6.07) is 9.16. The number of nitrogens with two attached hydrogens (primary N) is 1. The van der Waals surface area contributed by atoms with Crippen LogP contribution in [-0.2, 0) is 16.6 Å². The van der Waals surface area contributed by atoms with Crippen molar-refractivity contribution >= 4 is 49.7 Å². The van der Waals surface area contributed by atoms with Crippen molar-refractivity contribution < 1.29 is 9.13 Å². The molecule has 8 heteroatoms. The molecule has 2 aromatic carbocycles. The van der Waals surface area contributed by atoms with Gasteiger partial charge in [-0.1, -0.05) is 33.6 Å². The molecule has 0 saturated heterocycles. The molecule has 0 aliphatic rings. The minimum absolute atomic E-state index is 0.0214. The smallest absolute Gasteiger partial charge is 0.270 e. The molecule has 0 aliphatic carbocycles. The zero-order valence-electron chi connectivity index (χ0n) is 10.6. The predicted molar refractivity (Wildman–Crippen MR) is 86.8 cm³/mol. The van der Waals surface area contributed by atoms with Crippen LogP contribution in [0.2, 0.25) is 5.02 Å². The van der Waals surface area contributed by atoms with Gasteiger partial charge in [0.05, 0.1) is 32.2 Å². The summed E-state index contributed by atoms with van der Waals surface area (Å²) in [6.07, 6.45) is 0. The van der Waals surface area contributed by atoms with Crippen molar-refractivity contribution in [2.45, 2.75) is 10.6 Å². The first kappa shape index (κ1) is 15.9. The van der Waals surface area contributed by atoms with Crippen molar-refractivity contribution in [3.05, 3.63) is 61.6 Å². The quantitative estimate of drug-likeness (QED) is 0.488. The monoisotopic (exact) mass is 388 g/mol. The van der Waals surface area contributed by atoms with Gasteiger partial charge in [-0.25, -0.2) is 0 Å². The molecule has 0 spiro atoms. The largest absolute Gasteiger partial charge is 0.398 e. The van der Waals surface area contributed by atoms with Crippen molar-refractivity contribution in [1.29, 1.82) is 0 Å². The molecule has 2 N–H and O–H groups in total. The molecule has 5 nitrogen and oxygen atoms in total. The maximum atomic E-state index is 12.3. The number of nitrogen functional groups attached to an aromatic ring is 1. The summed E-state index contributed by atoms with van der Waals surface area (Å²) in [5.74, 6) is 0.221. The fraction of sp³-hybridized carbons (Fsp3) is 0.0769. The van der Waals surface area contributed by atoms with Crippen molar-refractivity contribution in [2.75, 3.05) is 5.73 Å². The molecular weight excluding hydrogens is 380 g/mol. The molecule has 0 heterocycles. The second-order valence-electron chi connectivity index (χ2n) is 4.21. The Morgan fingerprint density at radius 1 is 1.29 bits per heavy atom.